The van der Waals surface area contributed by atoms with E-state index in [0.29, 0.717) is 18.0 Å². The molecule has 2 rings (SSSR count). The van der Waals surface area contributed by atoms with Gasteiger partial charge in [-0.25, -0.2) is 0 Å². The summed E-state index contributed by atoms with van der Waals surface area (Å²) >= 11 is 3.42. The molecule has 104 valence electrons. The molecule has 0 radical (unpaired) electrons. The van der Waals surface area contributed by atoms with Crippen LogP contribution in [-0.4, -0.2) is 36.4 Å². The van der Waals surface area contributed by atoms with Crippen LogP contribution < -0.4 is 9.47 Å². The van der Waals surface area contributed by atoms with Crippen LogP contribution in [0, 0.1) is 0 Å². The van der Waals surface area contributed by atoms with E-state index in [2.05, 4.69) is 15.9 Å². The van der Waals surface area contributed by atoms with E-state index < -0.39 is 0 Å². The highest BCUT2D eigenvalue weighted by Crippen LogP contribution is 2.29. The van der Waals surface area contributed by atoms with Crippen LogP contribution in [-0.2, 0) is 11.3 Å². The van der Waals surface area contributed by atoms with E-state index >= 15 is 0 Å². The fourth-order valence-electron chi connectivity index (χ4n) is 2.25. The van der Waals surface area contributed by atoms with Crippen molar-refractivity contribution in [2.75, 3.05) is 20.8 Å². The molecule has 0 aromatic heterocycles. The summed E-state index contributed by atoms with van der Waals surface area (Å²) in [6.45, 7) is 1.43. The average Bonchev–Trinajstić information content (AvgIpc) is 2.43. The molecule has 1 aromatic carbocycles. The van der Waals surface area contributed by atoms with Crippen molar-refractivity contribution in [2.24, 2.45) is 0 Å². The molecule has 0 bridgehead atoms. The lowest BCUT2D eigenvalue weighted by atomic mass is 10.1. The van der Waals surface area contributed by atoms with Gasteiger partial charge in [0.15, 0.2) is 11.5 Å². The lowest BCUT2D eigenvalue weighted by Crippen LogP contribution is -2.41. The van der Waals surface area contributed by atoms with Crippen LogP contribution in [0.15, 0.2) is 18.2 Å². The first-order chi connectivity index (χ1) is 9.15. The van der Waals surface area contributed by atoms with Gasteiger partial charge in [-0.15, -0.1) is 0 Å². The third-order valence-electron chi connectivity index (χ3n) is 3.29. The summed E-state index contributed by atoms with van der Waals surface area (Å²) in [6.07, 6.45) is 1.95. The lowest BCUT2D eigenvalue weighted by molar-refractivity contribution is -0.133. The van der Waals surface area contributed by atoms with E-state index in [0.717, 1.165) is 24.9 Å². The van der Waals surface area contributed by atoms with Gasteiger partial charge in [0.1, 0.15) is 0 Å². The number of hydrogen-bond donors (Lipinski definition) is 0. The van der Waals surface area contributed by atoms with Gasteiger partial charge in [-0.05, 0) is 30.5 Å². The third-order valence-corrected chi connectivity index (χ3v) is 4.14. The summed E-state index contributed by atoms with van der Waals surface area (Å²) in [5.41, 5.74) is 1.05. The molecule has 0 spiro atoms. The van der Waals surface area contributed by atoms with Crippen LogP contribution in [0.5, 0.6) is 11.5 Å². The second-order valence-electron chi connectivity index (χ2n) is 4.56. The fraction of sp³-hybridized carbons (Fsp3) is 0.500. The number of methoxy groups -OCH3 is 2. The number of likely N-dealkylation sites (tertiary alicyclic amines) is 1. The summed E-state index contributed by atoms with van der Waals surface area (Å²) < 4.78 is 10.5. The van der Waals surface area contributed by atoms with Crippen molar-refractivity contribution in [3.05, 3.63) is 23.8 Å². The van der Waals surface area contributed by atoms with Gasteiger partial charge in [0.05, 0.1) is 19.0 Å². The number of halogens is 1. The van der Waals surface area contributed by atoms with Crippen molar-refractivity contribution in [3.8, 4) is 11.5 Å². The standard InChI is InChI=1S/C14H18BrNO3/c1-18-12-6-5-10(8-13(12)19-2)9-16-7-3-4-11(15)14(16)17/h5-6,8,11H,3-4,7,9H2,1-2H3. The van der Waals surface area contributed by atoms with E-state index in [1.807, 2.05) is 23.1 Å². The Morgan fingerprint density at radius 2 is 2.05 bits per heavy atom. The zero-order valence-corrected chi connectivity index (χ0v) is 12.8. The summed E-state index contributed by atoms with van der Waals surface area (Å²) in [6, 6.07) is 5.75. The molecule has 1 saturated heterocycles. The van der Waals surface area contributed by atoms with Gasteiger partial charge < -0.3 is 14.4 Å². The molecule has 1 atom stereocenters. The Labute approximate surface area is 121 Å². The molecule has 1 aromatic rings. The summed E-state index contributed by atoms with van der Waals surface area (Å²) in [7, 11) is 3.23. The maximum Gasteiger partial charge on any atom is 0.236 e. The van der Waals surface area contributed by atoms with E-state index in [9.17, 15) is 4.79 Å². The number of carbonyl (C=O) groups excluding carboxylic acids is 1. The molecule has 5 heteroatoms. The van der Waals surface area contributed by atoms with Crippen molar-refractivity contribution in [3.63, 3.8) is 0 Å². The minimum Gasteiger partial charge on any atom is -0.493 e. The van der Waals surface area contributed by atoms with Crippen molar-refractivity contribution in [1.82, 2.24) is 4.90 Å². The topological polar surface area (TPSA) is 38.8 Å². The number of rotatable bonds is 4. The zero-order valence-electron chi connectivity index (χ0n) is 11.2. The molecular weight excluding hydrogens is 310 g/mol. The summed E-state index contributed by atoms with van der Waals surface area (Å²) in [4.78, 5) is 13.9. The van der Waals surface area contributed by atoms with Gasteiger partial charge in [-0.2, -0.15) is 0 Å². The van der Waals surface area contributed by atoms with E-state index in [1.54, 1.807) is 14.2 Å². The first kappa shape index (κ1) is 14.2. The highest BCUT2D eigenvalue weighted by atomic mass is 79.9. The third kappa shape index (κ3) is 3.21. The normalized spacial score (nSPS) is 19.4. The molecule has 1 unspecified atom stereocenters. The van der Waals surface area contributed by atoms with Crippen molar-refractivity contribution in [2.45, 2.75) is 24.2 Å². The van der Waals surface area contributed by atoms with Gasteiger partial charge in [-0.3, -0.25) is 4.79 Å². The number of carbonyl (C=O) groups is 1. The number of amides is 1. The van der Waals surface area contributed by atoms with Crippen molar-refractivity contribution >= 4 is 21.8 Å². The Morgan fingerprint density at radius 3 is 2.74 bits per heavy atom. The molecule has 0 aliphatic carbocycles. The fourth-order valence-corrected chi connectivity index (χ4v) is 2.86. The number of piperidine rings is 1. The molecule has 1 amide bonds. The van der Waals surface area contributed by atoms with Crippen LogP contribution in [0.25, 0.3) is 0 Å². The lowest BCUT2D eigenvalue weighted by Gasteiger charge is -2.30. The first-order valence-corrected chi connectivity index (χ1v) is 7.21. The second-order valence-corrected chi connectivity index (χ2v) is 5.66. The molecule has 1 aliphatic rings. The Hall–Kier alpha value is -1.23. The highest BCUT2D eigenvalue weighted by molar-refractivity contribution is 9.10. The monoisotopic (exact) mass is 327 g/mol. The number of ether oxygens (including phenoxy) is 2. The predicted molar refractivity (Wildman–Crippen MR) is 76.9 cm³/mol. The van der Waals surface area contributed by atoms with Crippen LogP contribution in [0.1, 0.15) is 18.4 Å². The van der Waals surface area contributed by atoms with Gasteiger partial charge >= 0.3 is 0 Å². The average molecular weight is 328 g/mol. The molecular formula is C14H18BrNO3. The van der Waals surface area contributed by atoms with Gasteiger partial charge in [0.25, 0.3) is 0 Å². The van der Waals surface area contributed by atoms with Crippen LogP contribution in [0.3, 0.4) is 0 Å². The van der Waals surface area contributed by atoms with E-state index in [1.165, 1.54) is 0 Å². The maximum atomic E-state index is 12.0. The quantitative estimate of drug-likeness (QED) is 0.798. The first-order valence-electron chi connectivity index (χ1n) is 6.29. The highest BCUT2D eigenvalue weighted by Gasteiger charge is 2.26. The number of alkyl halides is 1. The maximum absolute atomic E-state index is 12.0. The summed E-state index contributed by atoms with van der Waals surface area (Å²) in [5, 5.41) is 0. The molecule has 1 aliphatic heterocycles. The van der Waals surface area contributed by atoms with Crippen molar-refractivity contribution < 1.29 is 14.3 Å². The smallest absolute Gasteiger partial charge is 0.236 e. The number of nitrogens with zero attached hydrogens (tertiary/aromatic N) is 1. The molecule has 4 nitrogen and oxygen atoms in total. The second kappa shape index (κ2) is 6.28. The molecule has 1 heterocycles. The molecule has 19 heavy (non-hydrogen) atoms. The van der Waals surface area contributed by atoms with Crippen LogP contribution in [0.2, 0.25) is 0 Å². The minimum atomic E-state index is -0.0404. The minimum absolute atomic E-state index is 0.0404. The Balaban J connectivity index is 2.12. The largest absolute Gasteiger partial charge is 0.493 e. The Morgan fingerprint density at radius 1 is 1.32 bits per heavy atom. The van der Waals surface area contributed by atoms with Gasteiger partial charge in [0, 0.05) is 13.1 Å². The SMILES string of the molecule is COc1ccc(CN2CCCC(Br)C2=O)cc1OC. The number of hydrogen-bond acceptors (Lipinski definition) is 3. The summed E-state index contributed by atoms with van der Waals surface area (Å²) in [5.74, 6) is 1.57. The van der Waals surface area contributed by atoms with Gasteiger partial charge in [0.2, 0.25) is 5.91 Å². The van der Waals surface area contributed by atoms with Crippen LogP contribution in [0.4, 0.5) is 0 Å². The van der Waals surface area contributed by atoms with E-state index in [4.69, 9.17) is 9.47 Å². The van der Waals surface area contributed by atoms with E-state index in [-0.39, 0.29) is 10.7 Å². The Kier molecular flexibility index (Phi) is 4.69. The molecule has 1 fully saturated rings. The molecule has 0 saturated carbocycles. The van der Waals surface area contributed by atoms with Crippen LogP contribution >= 0.6 is 15.9 Å². The molecule has 0 N–H and O–H groups in total. The van der Waals surface area contributed by atoms with Gasteiger partial charge in [-0.1, -0.05) is 22.0 Å². The van der Waals surface area contributed by atoms with Crippen molar-refractivity contribution in [1.29, 1.82) is 0 Å². The number of benzene rings is 1. The zero-order chi connectivity index (χ0) is 13.8. The predicted octanol–water partition coefficient (Wildman–Crippen LogP) is 2.59. The Bertz CT molecular complexity index is 464.